The van der Waals surface area contributed by atoms with Crippen molar-refractivity contribution in [3.8, 4) is 0 Å². The maximum Gasteiger partial charge on any atom is 0.213 e. The van der Waals surface area contributed by atoms with Gasteiger partial charge in [0, 0.05) is 6.54 Å². The number of nitrogens with one attached hydrogen (secondary N) is 1. The molecule has 50 valence electrons. The molecule has 0 bridgehead atoms. The lowest BCUT2D eigenvalue weighted by atomic mass is 10.5. The fraction of sp³-hybridized carbons (Fsp3) is 0.600. The van der Waals surface area contributed by atoms with Gasteiger partial charge in [-0.05, 0) is 18.6 Å². The number of aromatic nitrogens is 3. The molecule has 0 amide bonds. The molecule has 0 radical (unpaired) electrons. The molecule has 1 rings (SSSR count). The van der Waals surface area contributed by atoms with E-state index in [1.807, 2.05) is 4.68 Å². The van der Waals surface area contributed by atoms with E-state index in [2.05, 4.69) is 17.0 Å². The standard InChI is InChI=1S/C5H9N3S/c1-2-3-8-4-6-5(9)7-8/h4H,2-3H2,1H3,(H,7,9). The number of aromatic amines is 1. The van der Waals surface area contributed by atoms with E-state index >= 15 is 0 Å². The lowest BCUT2D eigenvalue weighted by Crippen LogP contribution is -1.95. The van der Waals surface area contributed by atoms with Gasteiger partial charge in [0.15, 0.2) is 0 Å². The second-order valence-corrected chi connectivity index (χ2v) is 2.24. The normalized spacial score (nSPS) is 9.89. The van der Waals surface area contributed by atoms with Crippen molar-refractivity contribution in [1.29, 1.82) is 0 Å². The van der Waals surface area contributed by atoms with Crippen molar-refractivity contribution in [3.05, 3.63) is 11.1 Å². The third kappa shape index (κ3) is 1.64. The molecule has 1 heterocycles. The van der Waals surface area contributed by atoms with Gasteiger partial charge in [0.1, 0.15) is 6.33 Å². The molecule has 0 spiro atoms. The van der Waals surface area contributed by atoms with Gasteiger partial charge in [0.2, 0.25) is 4.77 Å². The average Bonchev–Trinajstić information content (AvgIpc) is 2.17. The molecule has 1 N–H and O–H groups in total. The zero-order valence-corrected chi connectivity index (χ0v) is 6.11. The van der Waals surface area contributed by atoms with Crippen molar-refractivity contribution in [2.45, 2.75) is 19.9 Å². The number of aryl methyl sites for hydroxylation is 1. The first kappa shape index (κ1) is 6.48. The predicted octanol–water partition coefficient (Wildman–Crippen LogP) is 1.35. The fourth-order valence-corrected chi connectivity index (χ4v) is 0.822. The second-order valence-electron chi connectivity index (χ2n) is 1.85. The number of H-pyrrole nitrogens is 1. The van der Waals surface area contributed by atoms with E-state index in [1.165, 1.54) is 0 Å². The Morgan fingerprint density at radius 1 is 1.89 bits per heavy atom. The molecule has 1 aromatic rings. The van der Waals surface area contributed by atoms with Gasteiger partial charge in [-0.15, -0.1) is 0 Å². The molecule has 0 saturated carbocycles. The third-order valence-corrected chi connectivity index (χ3v) is 1.21. The minimum Gasteiger partial charge on any atom is -0.275 e. The summed E-state index contributed by atoms with van der Waals surface area (Å²) in [4.78, 5) is 3.86. The Labute approximate surface area is 58.7 Å². The predicted molar refractivity (Wildman–Crippen MR) is 37.7 cm³/mol. The van der Waals surface area contributed by atoms with Crippen molar-refractivity contribution in [2.24, 2.45) is 0 Å². The van der Waals surface area contributed by atoms with E-state index in [0.29, 0.717) is 4.77 Å². The summed E-state index contributed by atoms with van der Waals surface area (Å²) >= 11 is 4.76. The fourth-order valence-electron chi connectivity index (χ4n) is 0.657. The molecule has 1 aromatic heterocycles. The summed E-state index contributed by atoms with van der Waals surface area (Å²) in [6.07, 6.45) is 2.81. The van der Waals surface area contributed by atoms with Gasteiger partial charge in [0.05, 0.1) is 0 Å². The van der Waals surface area contributed by atoms with E-state index in [-0.39, 0.29) is 0 Å². The molecule has 0 aliphatic heterocycles. The van der Waals surface area contributed by atoms with Crippen LogP contribution in [-0.4, -0.2) is 14.8 Å². The quantitative estimate of drug-likeness (QED) is 0.634. The minimum atomic E-state index is 0.559. The molecular formula is C5H9N3S. The minimum absolute atomic E-state index is 0.559. The monoisotopic (exact) mass is 143 g/mol. The number of hydrogen-bond donors (Lipinski definition) is 1. The first-order chi connectivity index (χ1) is 4.33. The van der Waals surface area contributed by atoms with E-state index in [4.69, 9.17) is 12.2 Å². The molecule has 3 nitrogen and oxygen atoms in total. The smallest absolute Gasteiger partial charge is 0.213 e. The van der Waals surface area contributed by atoms with Crippen LogP contribution in [0.15, 0.2) is 6.33 Å². The number of hydrogen-bond acceptors (Lipinski definition) is 2. The van der Waals surface area contributed by atoms with Crippen molar-refractivity contribution in [2.75, 3.05) is 0 Å². The molecule has 4 heteroatoms. The van der Waals surface area contributed by atoms with Crippen LogP contribution < -0.4 is 0 Å². The summed E-state index contributed by atoms with van der Waals surface area (Å²) in [7, 11) is 0. The summed E-state index contributed by atoms with van der Waals surface area (Å²) in [5, 5.41) is 2.90. The van der Waals surface area contributed by atoms with E-state index in [1.54, 1.807) is 6.33 Å². The summed E-state index contributed by atoms with van der Waals surface area (Å²) in [6, 6.07) is 0. The zero-order chi connectivity index (χ0) is 6.69. The summed E-state index contributed by atoms with van der Waals surface area (Å²) < 4.78 is 2.44. The van der Waals surface area contributed by atoms with Gasteiger partial charge in [-0.3, -0.25) is 9.78 Å². The Morgan fingerprint density at radius 3 is 3.11 bits per heavy atom. The topological polar surface area (TPSA) is 33.6 Å². The zero-order valence-electron chi connectivity index (χ0n) is 5.29. The molecule has 0 aliphatic rings. The molecule has 0 fully saturated rings. The summed E-state index contributed by atoms with van der Waals surface area (Å²) in [6.45, 7) is 3.07. The van der Waals surface area contributed by atoms with Crippen LogP contribution in [0, 0.1) is 4.77 Å². The molecule has 0 aromatic carbocycles. The Balaban J connectivity index is 2.73. The third-order valence-electron chi connectivity index (χ3n) is 1.02. The largest absolute Gasteiger partial charge is 0.275 e. The molecular weight excluding hydrogens is 134 g/mol. The van der Waals surface area contributed by atoms with Crippen LogP contribution >= 0.6 is 12.2 Å². The van der Waals surface area contributed by atoms with Crippen molar-refractivity contribution in [1.82, 2.24) is 14.8 Å². The van der Waals surface area contributed by atoms with Gasteiger partial charge in [0.25, 0.3) is 0 Å². The Morgan fingerprint density at radius 2 is 2.67 bits per heavy atom. The van der Waals surface area contributed by atoms with Crippen LogP contribution in [0.5, 0.6) is 0 Å². The molecule has 0 aliphatic carbocycles. The summed E-state index contributed by atoms with van der Waals surface area (Å²) in [5.74, 6) is 0. The van der Waals surface area contributed by atoms with Crippen molar-refractivity contribution < 1.29 is 0 Å². The highest BCUT2D eigenvalue weighted by molar-refractivity contribution is 7.71. The van der Waals surface area contributed by atoms with Crippen LogP contribution in [0.4, 0.5) is 0 Å². The van der Waals surface area contributed by atoms with Crippen molar-refractivity contribution in [3.63, 3.8) is 0 Å². The Hall–Kier alpha value is -0.640. The van der Waals surface area contributed by atoms with Gasteiger partial charge in [-0.2, -0.15) is 0 Å². The molecule has 0 saturated heterocycles. The van der Waals surface area contributed by atoms with Crippen LogP contribution in [0.25, 0.3) is 0 Å². The summed E-state index contributed by atoms with van der Waals surface area (Å²) in [5.41, 5.74) is 0. The van der Waals surface area contributed by atoms with Crippen molar-refractivity contribution >= 4 is 12.2 Å². The van der Waals surface area contributed by atoms with Gasteiger partial charge >= 0.3 is 0 Å². The van der Waals surface area contributed by atoms with Crippen LogP contribution in [0.2, 0.25) is 0 Å². The van der Waals surface area contributed by atoms with Crippen LogP contribution in [-0.2, 0) is 6.54 Å². The number of rotatable bonds is 2. The second kappa shape index (κ2) is 2.77. The number of nitrogens with zero attached hydrogens (tertiary/aromatic N) is 2. The maximum absolute atomic E-state index is 4.76. The van der Waals surface area contributed by atoms with E-state index in [9.17, 15) is 0 Å². The Kier molecular flexibility index (Phi) is 2.00. The lowest BCUT2D eigenvalue weighted by molar-refractivity contribution is 0.599. The first-order valence-corrected chi connectivity index (χ1v) is 3.35. The lowest BCUT2D eigenvalue weighted by Gasteiger charge is -1.93. The van der Waals surface area contributed by atoms with Gasteiger partial charge < -0.3 is 0 Å². The van der Waals surface area contributed by atoms with Crippen LogP contribution in [0.1, 0.15) is 13.3 Å². The maximum atomic E-state index is 4.76. The highest BCUT2D eigenvalue weighted by Crippen LogP contribution is 1.85. The van der Waals surface area contributed by atoms with E-state index in [0.717, 1.165) is 13.0 Å². The highest BCUT2D eigenvalue weighted by Gasteiger charge is 1.85. The molecule has 9 heavy (non-hydrogen) atoms. The Bertz CT molecular complexity index is 224. The first-order valence-electron chi connectivity index (χ1n) is 2.94. The SMILES string of the molecule is CCCn1cnc(=S)[nH]1. The molecule has 0 unspecified atom stereocenters. The van der Waals surface area contributed by atoms with E-state index < -0.39 is 0 Å². The molecule has 0 atom stereocenters. The van der Waals surface area contributed by atoms with Gasteiger partial charge in [-0.1, -0.05) is 6.92 Å². The highest BCUT2D eigenvalue weighted by atomic mass is 32.1. The van der Waals surface area contributed by atoms with Gasteiger partial charge in [-0.25, -0.2) is 4.98 Å². The average molecular weight is 143 g/mol. The van der Waals surface area contributed by atoms with Crippen LogP contribution in [0.3, 0.4) is 0 Å².